The zero-order chi connectivity index (χ0) is 27.0. The van der Waals surface area contributed by atoms with Gasteiger partial charge in [-0.3, -0.25) is 15.0 Å². The van der Waals surface area contributed by atoms with Gasteiger partial charge in [-0.05, 0) is 79.6 Å². The average Bonchev–Trinajstić information content (AvgIpc) is 2.87. The lowest BCUT2D eigenvalue weighted by molar-refractivity contribution is -0.127. The molecule has 0 aromatic heterocycles. The minimum absolute atomic E-state index is 0.270. The summed E-state index contributed by atoms with van der Waals surface area (Å²) < 4.78 is 5.36. The molecule has 0 saturated carbocycles. The van der Waals surface area contributed by atoms with Crippen LogP contribution in [0.1, 0.15) is 71.4 Å². The van der Waals surface area contributed by atoms with Crippen molar-refractivity contribution >= 4 is 40.1 Å². The first kappa shape index (κ1) is 27.3. The van der Waals surface area contributed by atoms with Crippen molar-refractivity contribution in [3.05, 3.63) is 53.1 Å². The van der Waals surface area contributed by atoms with E-state index in [2.05, 4.69) is 42.1 Å². The van der Waals surface area contributed by atoms with Crippen LogP contribution in [0, 0.1) is 11.3 Å². The third-order valence-electron chi connectivity index (χ3n) is 7.53. The molecule has 1 aromatic rings. The molecule has 2 heterocycles. The maximum absolute atomic E-state index is 12.6. The average molecular weight is 523 g/mol. The first-order valence-electron chi connectivity index (χ1n) is 13.1. The van der Waals surface area contributed by atoms with E-state index in [1.54, 1.807) is 7.11 Å². The Morgan fingerprint density at radius 1 is 1.30 bits per heavy atom. The zero-order valence-electron chi connectivity index (χ0n) is 22.8. The van der Waals surface area contributed by atoms with Crippen molar-refractivity contribution in [2.24, 2.45) is 11.0 Å². The summed E-state index contributed by atoms with van der Waals surface area (Å²) in [5.41, 5.74) is 4.37. The Balaban J connectivity index is 1.65. The molecular weight excluding hydrogens is 484 g/mol. The van der Waals surface area contributed by atoms with Crippen LogP contribution in [0.25, 0.3) is 0 Å². The van der Waals surface area contributed by atoms with Crippen molar-refractivity contribution < 1.29 is 14.3 Å². The highest BCUT2D eigenvalue weighted by atomic mass is 32.2. The first-order valence-corrected chi connectivity index (χ1v) is 13.9. The van der Waals surface area contributed by atoms with Crippen molar-refractivity contribution in [1.82, 2.24) is 5.01 Å². The van der Waals surface area contributed by atoms with Gasteiger partial charge in [0.2, 0.25) is 0 Å². The van der Waals surface area contributed by atoms with Crippen LogP contribution in [0.4, 0.5) is 10.5 Å². The zero-order valence-corrected chi connectivity index (χ0v) is 23.6. The number of imide groups is 1. The number of allylic oxidation sites excluding steroid dienone is 2. The second-order valence-corrected chi connectivity index (χ2v) is 12.3. The smallest absolute Gasteiger partial charge is 0.309 e. The first-order chi connectivity index (χ1) is 17.5. The molecule has 3 aliphatic rings. The molecule has 0 saturated heterocycles. The van der Waals surface area contributed by atoms with Crippen LogP contribution in [0.2, 0.25) is 0 Å². The predicted molar refractivity (Wildman–Crippen MR) is 152 cm³/mol. The fraction of sp³-hybridized carbons (Fsp3) is 0.517. The summed E-state index contributed by atoms with van der Waals surface area (Å²) in [5.74, 6) is 0.525. The van der Waals surface area contributed by atoms with E-state index in [0.717, 1.165) is 64.3 Å². The number of thioether (sulfide) groups is 1. The number of hydrogen-bond donors (Lipinski definition) is 1. The number of hydrazone groups is 1. The summed E-state index contributed by atoms with van der Waals surface area (Å²) in [5, 5.41) is 14.4. The molecule has 1 atom stereocenters. The van der Waals surface area contributed by atoms with E-state index < -0.39 is 10.3 Å². The van der Waals surface area contributed by atoms with Crippen molar-refractivity contribution in [2.45, 2.75) is 77.1 Å². The number of carbonyl (C=O) groups excluding carboxylic acids is 2. The molecule has 1 aromatic carbocycles. The summed E-state index contributed by atoms with van der Waals surface area (Å²) in [6.45, 7) is 10.9. The fourth-order valence-corrected chi connectivity index (χ4v) is 6.20. The Bertz CT molecular complexity index is 1200. The van der Waals surface area contributed by atoms with E-state index in [1.807, 2.05) is 39.0 Å². The number of hydrogen-bond acceptors (Lipinski definition) is 6. The molecule has 0 bridgehead atoms. The van der Waals surface area contributed by atoms with E-state index >= 15 is 0 Å². The monoisotopic (exact) mass is 522 g/mol. The number of carbonyl (C=O) groups is 2. The Kier molecular flexibility index (Phi) is 7.81. The van der Waals surface area contributed by atoms with Crippen LogP contribution in [0.5, 0.6) is 0 Å². The topological polar surface area (TPSA) is 86.1 Å². The Labute approximate surface area is 224 Å². The fourth-order valence-electron chi connectivity index (χ4n) is 5.28. The molecule has 37 heavy (non-hydrogen) atoms. The normalized spacial score (nSPS) is 23.1. The van der Waals surface area contributed by atoms with Gasteiger partial charge in [0.05, 0.1) is 16.1 Å². The van der Waals surface area contributed by atoms with Gasteiger partial charge in [0, 0.05) is 32.2 Å². The van der Waals surface area contributed by atoms with Crippen molar-refractivity contribution in [2.75, 3.05) is 18.6 Å². The molecule has 0 spiro atoms. The van der Waals surface area contributed by atoms with Gasteiger partial charge < -0.3 is 9.64 Å². The number of nitrogens with zero attached hydrogens (tertiary/aromatic N) is 3. The van der Waals surface area contributed by atoms with Gasteiger partial charge in [-0.1, -0.05) is 45.1 Å². The molecule has 1 aliphatic carbocycles. The third-order valence-corrected chi connectivity index (χ3v) is 8.58. The van der Waals surface area contributed by atoms with Crippen LogP contribution in [-0.2, 0) is 16.0 Å². The van der Waals surface area contributed by atoms with Crippen molar-refractivity contribution in [3.8, 4) is 0 Å². The minimum Gasteiger partial charge on any atom is -0.374 e. The second-order valence-electron chi connectivity index (χ2n) is 10.8. The van der Waals surface area contributed by atoms with Gasteiger partial charge in [0.25, 0.3) is 5.91 Å². The van der Waals surface area contributed by atoms with Crippen LogP contribution in [0.3, 0.4) is 0 Å². The van der Waals surface area contributed by atoms with E-state index in [0.29, 0.717) is 18.7 Å². The number of amidine groups is 1. The van der Waals surface area contributed by atoms with Gasteiger partial charge in [-0.2, -0.15) is 10.1 Å². The molecule has 0 fully saturated rings. The highest BCUT2D eigenvalue weighted by Crippen LogP contribution is 2.39. The van der Waals surface area contributed by atoms with Crippen LogP contribution >= 0.6 is 11.8 Å². The Hall–Kier alpha value is -2.71. The maximum atomic E-state index is 12.6. The van der Waals surface area contributed by atoms with Gasteiger partial charge in [0.15, 0.2) is 0 Å². The maximum Gasteiger partial charge on any atom is 0.309 e. The molecule has 198 valence electrons. The SMILES string of the molecule is CCCC(=O)N1N=C(c2ccc3c(c2)CCCN3C(=N)C2=CC=CC(OC)(C(C)C)C2)C(C)(C)SC1=O. The summed E-state index contributed by atoms with van der Waals surface area (Å²) >= 11 is 1.14. The molecule has 0 radical (unpaired) electrons. The standard InChI is InChI=1S/C29H38N4O3S/c1-7-10-24(34)33-27(35)37-28(4,5)25(31-33)21-13-14-23-20(17-21)12-9-16-32(23)26(30)22-11-8-15-29(18-22,36-6)19(2)3/h8,11,13-15,17,19,30H,7,9-10,12,16,18H2,1-6H3. The van der Waals surface area contributed by atoms with Crippen molar-refractivity contribution in [1.29, 1.82) is 5.41 Å². The largest absolute Gasteiger partial charge is 0.374 e. The van der Waals surface area contributed by atoms with Crippen LogP contribution in [-0.4, -0.2) is 51.7 Å². The number of amides is 2. The summed E-state index contributed by atoms with van der Waals surface area (Å²) in [6, 6.07) is 6.19. The second kappa shape index (κ2) is 10.6. The number of rotatable bonds is 6. The van der Waals surface area contributed by atoms with E-state index in [-0.39, 0.29) is 23.5 Å². The highest BCUT2D eigenvalue weighted by molar-refractivity contribution is 8.15. The van der Waals surface area contributed by atoms with Crippen molar-refractivity contribution in [3.63, 3.8) is 0 Å². The molecule has 2 amide bonds. The number of methoxy groups -OCH3 is 1. The summed E-state index contributed by atoms with van der Waals surface area (Å²) in [7, 11) is 1.74. The molecular formula is C29H38N4O3S. The summed E-state index contributed by atoms with van der Waals surface area (Å²) in [6.07, 6.45) is 9.60. The van der Waals surface area contributed by atoms with E-state index in [4.69, 9.17) is 10.1 Å². The highest BCUT2D eigenvalue weighted by Gasteiger charge is 2.40. The van der Waals surface area contributed by atoms with E-state index in [1.165, 1.54) is 0 Å². The molecule has 1 N–H and O–H groups in total. The van der Waals surface area contributed by atoms with Gasteiger partial charge in [0.1, 0.15) is 5.84 Å². The lowest BCUT2D eigenvalue weighted by Crippen LogP contribution is -2.43. The number of nitrogens with one attached hydrogen (secondary N) is 1. The summed E-state index contributed by atoms with van der Waals surface area (Å²) in [4.78, 5) is 27.3. The quantitative estimate of drug-likeness (QED) is 0.349. The minimum atomic E-state index is -0.561. The Morgan fingerprint density at radius 3 is 2.73 bits per heavy atom. The molecule has 8 heteroatoms. The number of aryl methyl sites for hydroxylation is 1. The molecule has 2 aliphatic heterocycles. The predicted octanol–water partition coefficient (Wildman–Crippen LogP) is 6.32. The number of benzene rings is 1. The van der Waals surface area contributed by atoms with Gasteiger partial charge in [-0.25, -0.2) is 0 Å². The number of fused-ring (bicyclic) bond motifs is 1. The molecule has 4 rings (SSSR count). The molecule has 7 nitrogen and oxygen atoms in total. The third kappa shape index (κ3) is 5.18. The Morgan fingerprint density at radius 2 is 2.05 bits per heavy atom. The molecule has 1 unspecified atom stereocenters. The van der Waals surface area contributed by atoms with Gasteiger partial charge in [-0.15, -0.1) is 0 Å². The lowest BCUT2D eigenvalue weighted by Gasteiger charge is -2.39. The van der Waals surface area contributed by atoms with E-state index in [9.17, 15) is 9.59 Å². The lowest BCUT2D eigenvalue weighted by atomic mass is 9.80. The number of anilines is 1. The van der Waals surface area contributed by atoms with Crippen LogP contribution < -0.4 is 4.90 Å². The van der Waals surface area contributed by atoms with Crippen LogP contribution in [0.15, 0.2) is 47.1 Å². The number of ether oxygens (including phenoxy) is 1. The van der Waals surface area contributed by atoms with Gasteiger partial charge >= 0.3 is 5.24 Å².